The minimum atomic E-state index is -1.54. The van der Waals surface area contributed by atoms with Gasteiger partial charge in [0.25, 0.3) is 5.96 Å². The molecule has 1 aromatic heterocycles. The first kappa shape index (κ1) is 20.0. The minimum absolute atomic E-state index is 0.000742. The summed E-state index contributed by atoms with van der Waals surface area (Å²) >= 11 is 0. The zero-order chi connectivity index (χ0) is 20.5. The van der Waals surface area contributed by atoms with Crippen LogP contribution in [0.5, 0.6) is 0 Å². The van der Waals surface area contributed by atoms with E-state index in [0.29, 0.717) is 12.4 Å². The fourth-order valence-corrected chi connectivity index (χ4v) is 3.27. The van der Waals surface area contributed by atoms with Crippen molar-refractivity contribution in [3.63, 3.8) is 0 Å². The van der Waals surface area contributed by atoms with E-state index in [9.17, 15) is 18.3 Å². The number of aliphatic hydroxyl groups is 1. The number of pyridine rings is 1. The molecule has 2 aromatic rings. The van der Waals surface area contributed by atoms with Gasteiger partial charge in [0, 0.05) is 41.3 Å². The van der Waals surface area contributed by atoms with Crippen LogP contribution in [0.3, 0.4) is 0 Å². The Hall–Kier alpha value is -2.78. The summed E-state index contributed by atoms with van der Waals surface area (Å²) in [5, 5.41) is 16.8. The lowest BCUT2D eigenvalue weighted by Crippen LogP contribution is -2.48. The van der Waals surface area contributed by atoms with Crippen LogP contribution in [0.1, 0.15) is 24.7 Å². The number of aliphatic imine (C=N–C) groups is 1. The van der Waals surface area contributed by atoms with E-state index >= 15 is 0 Å². The maximum Gasteiger partial charge on any atom is 0.286 e. The number of quaternary nitrogens is 1. The van der Waals surface area contributed by atoms with Gasteiger partial charge in [0.2, 0.25) is 5.84 Å². The summed E-state index contributed by atoms with van der Waals surface area (Å²) in [7, 11) is 0. The Kier molecular flexibility index (Phi) is 5.48. The van der Waals surface area contributed by atoms with Crippen LogP contribution >= 0.6 is 0 Å². The summed E-state index contributed by atoms with van der Waals surface area (Å²) in [5.74, 6) is -3.47. The van der Waals surface area contributed by atoms with E-state index in [1.807, 2.05) is 32.9 Å². The summed E-state index contributed by atoms with van der Waals surface area (Å²) in [6.45, 7) is 6.02. The molecule has 1 aliphatic rings. The quantitative estimate of drug-likeness (QED) is 0.603. The van der Waals surface area contributed by atoms with Gasteiger partial charge in [-0.25, -0.2) is 13.2 Å². The van der Waals surface area contributed by atoms with Gasteiger partial charge in [-0.3, -0.25) is 4.98 Å². The van der Waals surface area contributed by atoms with Crippen LogP contribution in [-0.4, -0.2) is 35.0 Å². The van der Waals surface area contributed by atoms with Crippen LogP contribution in [0.25, 0.3) is 0 Å². The van der Waals surface area contributed by atoms with E-state index < -0.39 is 17.5 Å². The number of nitrogens with zero attached hydrogens (tertiary/aromatic N) is 4. The molecule has 0 fully saturated rings. The van der Waals surface area contributed by atoms with Gasteiger partial charge in [-0.1, -0.05) is 0 Å². The molecule has 0 saturated carbocycles. The first-order valence-corrected chi connectivity index (χ1v) is 8.83. The number of nitrogens with one attached hydrogen (secondary N) is 1. The van der Waals surface area contributed by atoms with Crippen molar-refractivity contribution in [1.82, 2.24) is 9.58 Å². The standard InChI is InChI=1S/C19H21F3N5O/c1-4-27(14-7-11(2)23-12(3)8-14)17(5-6-28)25-19(26-27)24-13-9-15(20)18(22)16(21)10-13/h7-10,28H,4-6H2,1-3H3,(H,24,26)/q+1/t27-/m0/s1. The van der Waals surface area contributed by atoms with E-state index in [1.165, 1.54) is 0 Å². The largest absolute Gasteiger partial charge is 0.396 e. The number of benzene rings is 1. The lowest BCUT2D eigenvalue weighted by atomic mass is 10.2. The lowest BCUT2D eigenvalue weighted by molar-refractivity contribution is 0.300. The van der Waals surface area contributed by atoms with E-state index in [2.05, 4.69) is 20.4 Å². The van der Waals surface area contributed by atoms with E-state index in [4.69, 9.17) is 0 Å². The second-order valence-corrected chi connectivity index (χ2v) is 6.50. The fraction of sp³-hybridized carbons (Fsp3) is 0.316. The number of anilines is 1. The minimum Gasteiger partial charge on any atom is -0.396 e. The fourth-order valence-electron chi connectivity index (χ4n) is 3.27. The molecule has 0 aliphatic carbocycles. The Labute approximate surface area is 160 Å². The number of rotatable bonds is 5. The van der Waals surface area contributed by atoms with Crippen molar-refractivity contribution in [2.24, 2.45) is 10.1 Å². The van der Waals surface area contributed by atoms with E-state index in [-0.39, 0.29) is 29.3 Å². The molecular formula is C19H21F3N5O+. The average molecular weight is 392 g/mol. The molecule has 1 aliphatic heterocycles. The van der Waals surface area contributed by atoms with Crippen LogP contribution < -0.4 is 9.91 Å². The van der Waals surface area contributed by atoms with Crippen LogP contribution in [0.15, 0.2) is 34.4 Å². The number of halogens is 3. The van der Waals surface area contributed by atoms with Crippen molar-refractivity contribution in [2.45, 2.75) is 27.2 Å². The molecule has 9 heteroatoms. The Morgan fingerprint density at radius 3 is 2.18 bits per heavy atom. The lowest BCUT2D eigenvalue weighted by Gasteiger charge is -2.27. The number of hydrogen-bond acceptors (Lipinski definition) is 5. The van der Waals surface area contributed by atoms with Gasteiger partial charge < -0.3 is 10.4 Å². The molecule has 3 rings (SSSR count). The van der Waals surface area contributed by atoms with Crippen LogP contribution in [0, 0.1) is 31.3 Å². The van der Waals surface area contributed by atoms with Crippen molar-refractivity contribution >= 4 is 23.2 Å². The van der Waals surface area contributed by atoms with Gasteiger partial charge in [-0.2, -0.15) is 4.99 Å². The number of aryl methyl sites for hydroxylation is 2. The topological polar surface area (TPSA) is 69.9 Å². The second kappa shape index (κ2) is 7.69. The molecule has 0 radical (unpaired) electrons. The highest BCUT2D eigenvalue weighted by molar-refractivity contribution is 6.10. The average Bonchev–Trinajstić information content (AvgIpc) is 2.97. The maximum atomic E-state index is 13.5. The molecule has 0 unspecified atom stereocenters. The molecule has 0 spiro atoms. The second-order valence-electron chi connectivity index (χ2n) is 6.50. The third-order valence-electron chi connectivity index (χ3n) is 4.45. The predicted molar refractivity (Wildman–Crippen MR) is 103 cm³/mol. The number of aliphatic hydroxyl groups excluding tert-OH is 1. The maximum absolute atomic E-state index is 13.5. The first-order chi connectivity index (χ1) is 13.3. The van der Waals surface area contributed by atoms with Crippen LogP contribution in [0.4, 0.5) is 24.5 Å². The smallest absolute Gasteiger partial charge is 0.286 e. The highest BCUT2D eigenvalue weighted by atomic mass is 19.2. The molecule has 0 bridgehead atoms. The predicted octanol–water partition coefficient (Wildman–Crippen LogP) is 3.62. The molecule has 1 atom stereocenters. The number of hydrogen-bond donors (Lipinski definition) is 2. The molecule has 0 amide bonds. The number of guanidine groups is 1. The molecule has 28 heavy (non-hydrogen) atoms. The van der Waals surface area contributed by atoms with Gasteiger partial charge in [0.1, 0.15) is 6.54 Å². The van der Waals surface area contributed by atoms with Crippen LogP contribution in [0.2, 0.25) is 0 Å². The zero-order valence-electron chi connectivity index (χ0n) is 15.8. The molecule has 2 N–H and O–H groups in total. The Balaban J connectivity index is 2.05. The molecule has 2 heterocycles. The number of amidine groups is 1. The Morgan fingerprint density at radius 2 is 1.64 bits per heavy atom. The molecule has 0 saturated heterocycles. The Bertz CT molecular complexity index is 933. The highest BCUT2D eigenvalue weighted by Gasteiger charge is 2.42. The first-order valence-electron chi connectivity index (χ1n) is 8.83. The highest BCUT2D eigenvalue weighted by Crippen LogP contribution is 2.31. The number of aromatic nitrogens is 1. The zero-order valence-corrected chi connectivity index (χ0v) is 15.8. The summed E-state index contributed by atoms with van der Waals surface area (Å²) < 4.78 is 40.2. The summed E-state index contributed by atoms with van der Waals surface area (Å²) in [6, 6.07) is 5.43. The summed E-state index contributed by atoms with van der Waals surface area (Å²) in [6.07, 6.45) is 0.259. The van der Waals surface area contributed by atoms with Crippen molar-refractivity contribution in [3.05, 3.63) is 53.1 Å². The van der Waals surface area contributed by atoms with Crippen molar-refractivity contribution in [1.29, 1.82) is 0 Å². The molecule has 148 valence electrons. The van der Waals surface area contributed by atoms with E-state index in [0.717, 1.165) is 29.2 Å². The van der Waals surface area contributed by atoms with Gasteiger partial charge >= 0.3 is 0 Å². The van der Waals surface area contributed by atoms with Gasteiger partial charge in [-0.05, 0) is 25.9 Å². The normalized spacial score (nSPS) is 18.8. The monoisotopic (exact) mass is 392 g/mol. The van der Waals surface area contributed by atoms with Crippen molar-refractivity contribution < 1.29 is 18.3 Å². The Morgan fingerprint density at radius 1 is 1.04 bits per heavy atom. The van der Waals surface area contributed by atoms with E-state index in [1.54, 1.807) is 0 Å². The third kappa shape index (κ3) is 3.63. The van der Waals surface area contributed by atoms with Gasteiger partial charge in [0.15, 0.2) is 23.1 Å². The molecular weight excluding hydrogens is 371 g/mol. The van der Waals surface area contributed by atoms with Gasteiger partial charge in [-0.15, -0.1) is 4.59 Å². The molecule has 6 nitrogen and oxygen atoms in total. The SMILES string of the molecule is CC[N@@+]1(c2cc(C)nc(C)c2)N=C(Nc2cc(F)c(F)c(F)c2)N=C1CCO. The van der Waals surface area contributed by atoms with Crippen LogP contribution in [-0.2, 0) is 0 Å². The molecule has 1 aromatic carbocycles. The summed E-state index contributed by atoms with van der Waals surface area (Å²) in [5.41, 5.74) is 2.42. The third-order valence-corrected chi connectivity index (χ3v) is 4.45. The van der Waals surface area contributed by atoms with Crippen molar-refractivity contribution in [2.75, 3.05) is 18.5 Å². The summed E-state index contributed by atoms with van der Waals surface area (Å²) in [4.78, 5) is 8.80. The van der Waals surface area contributed by atoms with Crippen molar-refractivity contribution in [3.8, 4) is 0 Å². The van der Waals surface area contributed by atoms with Gasteiger partial charge in [0.05, 0.1) is 13.0 Å².